The second-order valence-corrected chi connectivity index (χ2v) is 16.0. The molecule has 0 aromatic heterocycles. The molecule has 3 atom stereocenters. The maximum atomic E-state index is 12.6. The van der Waals surface area contributed by atoms with Crippen LogP contribution in [0.2, 0.25) is 0 Å². The SMILES string of the molecule is CCCCCCCCCCCCCCCCCC(=O)O[C@H](COC(=O)CCC/C=C\C/C=C\C/C=C\C/C=C\CCCCCO)COP(=O)(O)OC[C@H](N)C(=O)O. The zero-order valence-corrected chi connectivity index (χ0v) is 36.0. The number of phosphoric acid groups is 1. The number of aliphatic hydroxyl groups is 1. The average Bonchev–Trinajstić information content (AvgIpc) is 3.19. The molecule has 0 amide bonds. The third kappa shape index (κ3) is 40.0. The van der Waals surface area contributed by atoms with Crippen molar-refractivity contribution in [3.05, 3.63) is 48.6 Å². The van der Waals surface area contributed by atoms with Crippen molar-refractivity contribution in [2.24, 2.45) is 5.73 Å². The van der Waals surface area contributed by atoms with Gasteiger partial charge in [0.2, 0.25) is 0 Å². The van der Waals surface area contributed by atoms with Crippen molar-refractivity contribution in [1.29, 1.82) is 0 Å². The van der Waals surface area contributed by atoms with E-state index in [9.17, 15) is 23.8 Å². The van der Waals surface area contributed by atoms with Crippen molar-refractivity contribution >= 4 is 25.7 Å². The Labute approximate surface area is 344 Å². The first-order valence-corrected chi connectivity index (χ1v) is 23.3. The van der Waals surface area contributed by atoms with E-state index in [1.165, 1.54) is 70.6 Å². The Hall–Kier alpha value is -2.60. The molecule has 0 aromatic rings. The number of aliphatic carboxylic acids is 1. The van der Waals surface area contributed by atoms with Crippen LogP contribution in [0.5, 0.6) is 0 Å². The van der Waals surface area contributed by atoms with Gasteiger partial charge in [-0.1, -0.05) is 152 Å². The number of carbonyl (C=O) groups is 3. The minimum Gasteiger partial charge on any atom is -0.480 e. The summed E-state index contributed by atoms with van der Waals surface area (Å²) in [5, 5.41) is 17.7. The first-order chi connectivity index (χ1) is 27.6. The third-order valence-electron chi connectivity index (χ3n) is 9.13. The van der Waals surface area contributed by atoms with Gasteiger partial charge in [-0.3, -0.25) is 23.4 Å². The lowest BCUT2D eigenvalue weighted by Crippen LogP contribution is -2.34. The van der Waals surface area contributed by atoms with Crippen LogP contribution in [-0.4, -0.2) is 71.6 Å². The van der Waals surface area contributed by atoms with Gasteiger partial charge in [0.25, 0.3) is 0 Å². The maximum absolute atomic E-state index is 12.6. The van der Waals surface area contributed by atoms with Crippen LogP contribution in [0.3, 0.4) is 0 Å². The van der Waals surface area contributed by atoms with Crippen LogP contribution in [0, 0.1) is 0 Å². The molecule has 0 spiro atoms. The van der Waals surface area contributed by atoms with Crippen LogP contribution in [0.25, 0.3) is 0 Å². The van der Waals surface area contributed by atoms with Crippen molar-refractivity contribution in [2.45, 2.75) is 186 Å². The topological polar surface area (TPSA) is 192 Å². The van der Waals surface area contributed by atoms with Crippen LogP contribution in [0.4, 0.5) is 0 Å². The lowest BCUT2D eigenvalue weighted by molar-refractivity contribution is -0.161. The minimum atomic E-state index is -4.73. The number of allylic oxidation sites excluding steroid dienone is 8. The summed E-state index contributed by atoms with van der Waals surface area (Å²) in [6.07, 6.45) is 41.9. The van der Waals surface area contributed by atoms with Crippen molar-refractivity contribution in [3.63, 3.8) is 0 Å². The number of phosphoric ester groups is 1. The van der Waals surface area contributed by atoms with Crippen LogP contribution >= 0.6 is 7.82 Å². The van der Waals surface area contributed by atoms with E-state index in [0.29, 0.717) is 19.3 Å². The highest BCUT2D eigenvalue weighted by Crippen LogP contribution is 2.43. The van der Waals surface area contributed by atoms with Gasteiger partial charge in [0, 0.05) is 19.4 Å². The molecule has 0 fully saturated rings. The Kier molecular flexibility index (Phi) is 38.4. The summed E-state index contributed by atoms with van der Waals surface area (Å²) in [5.74, 6) is -2.47. The summed E-state index contributed by atoms with van der Waals surface area (Å²) in [6.45, 7) is 0.755. The van der Waals surface area contributed by atoms with E-state index in [1.54, 1.807) is 0 Å². The van der Waals surface area contributed by atoms with Gasteiger partial charge in [0.1, 0.15) is 12.6 Å². The van der Waals surface area contributed by atoms with E-state index in [4.69, 9.17) is 29.9 Å². The molecule has 0 bridgehead atoms. The Morgan fingerprint density at radius 2 is 1.02 bits per heavy atom. The number of ether oxygens (including phenoxy) is 2. The number of carbonyl (C=O) groups excluding carboxylic acids is 2. The molecule has 0 heterocycles. The molecule has 0 rings (SSSR count). The normalized spacial score (nSPS) is 14.2. The third-order valence-corrected chi connectivity index (χ3v) is 10.1. The zero-order valence-electron chi connectivity index (χ0n) is 35.1. The fourth-order valence-corrected chi connectivity index (χ4v) is 6.46. The molecule has 0 saturated heterocycles. The molecule has 0 aliphatic rings. The first-order valence-electron chi connectivity index (χ1n) is 21.8. The lowest BCUT2D eigenvalue weighted by atomic mass is 10.0. The summed E-state index contributed by atoms with van der Waals surface area (Å²) in [6, 6.07) is -1.53. The van der Waals surface area contributed by atoms with E-state index in [1.807, 2.05) is 12.2 Å². The Morgan fingerprint density at radius 3 is 1.53 bits per heavy atom. The van der Waals surface area contributed by atoms with Gasteiger partial charge in [-0.25, -0.2) is 4.57 Å². The van der Waals surface area contributed by atoms with Crippen molar-refractivity contribution in [2.75, 3.05) is 26.4 Å². The Balaban J connectivity index is 4.44. The van der Waals surface area contributed by atoms with E-state index in [0.717, 1.165) is 64.2 Å². The van der Waals surface area contributed by atoms with Crippen LogP contribution in [-0.2, 0) is 37.5 Å². The van der Waals surface area contributed by atoms with Gasteiger partial charge in [0.05, 0.1) is 13.2 Å². The van der Waals surface area contributed by atoms with Gasteiger partial charge >= 0.3 is 25.7 Å². The van der Waals surface area contributed by atoms with Crippen LogP contribution < -0.4 is 5.73 Å². The molecule has 0 aliphatic carbocycles. The zero-order chi connectivity index (χ0) is 42.1. The molecular weight excluding hydrogens is 749 g/mol. The van der Waals surface area contributed by atoms with E-state index < -0.39 is 51.1 Å². The van der Waals surface area contributed by atoms with Gasteiger partial charge in [-0.15, -0.1) is 0 Å². The Bertz CT molecular complexity index is 1160. The standard InChI is InChI=1S/C44H78NO11P/c1-2-3-4-5-6-7-8-9-13-17-20-23-26-29-32-35-43(48)56-40(38-54-57(51,52)55-39-41(45)44(49)50)37-53-42(47)34-31-28-25-22-19-16-14-11-10-12-15-18-21-24-27-30-33-36-46/h10,12,14,16,18,21-22,25,40-41,46H,2-9,11,13,15,17,19-20,23-24,26-39,45H2,1H3,(H,49,50)(H,51,52)/b12-10-,16-14-,21-18-,25-22-/t40-,41+/m1/s1. The highest BCUT2D eigenvalue weighted by atomic mass is 31.2. The summed E-state index contributed by atoms with van der Waals surface area (Å²) >= 11 is 0. The van der Waals surface area contributed by atoms with Gasteiger partial charge in [0.15, 0.2) is 6.10 Å². The van der Waals surface area contributed by atoms with Crippen LogP contribution in [0.1, 0.15) is 174 Å². The number of aliphatic hydroxyl groups excluding tert-OH is 1. The number of carboxylic acids is 1. The Morgan fingerprint density at radius 1 is 0.579 bits per heavy atom. The second-order valence-electron chi connectivity index (χ2n) is 14.6. The fraction of sp³-hybridized carbons (Fsp3) is 0.750. The number of esters is 2. The molecule has 330 valence electrons. The molecule has 13 heteroatoms. The smallest absolute Gasteiger partial charge is 0.472 e. The fourth-order valence-electron chi connectivity index (χ4n) is 5.68. The number of nitrogens with two attached hydrogens (primary N) is 1. The molecule has 0 saturated carbocycles. The molecule has 1 unspecified atom stereocenters. The summed E-state index contributed by atoms with van der Waals surface area (Å²) in [7, 11) is -4.73. The monoisotopic (exact) mass is 828 g/mol. The quantitative estimate of drug-likeness (QED) is 0.0198. The van der Waals surface area contributed by atoms with Crippen molar-refractivity contribution in [1.82, 2.24) is 0 Å². The number of unbranched alkanes of at least 4 members (excludes halogenated alkanes) is 18. The van der Waals surface area contributed by atoms with E-state index >= 15 is 0 Å². The maximum Gasteiger partial charge on any atom is 0.472 e. The lowest BCUT2D eigenvalue weighted by Gasteiger charge is -2.20. The molecule has 12 nitrogen and oxygen atoms in total. The van der Waals surface area contributed by atoms with Crippen LogP contribution in [0.15, 0.2) is 48.6 Å². The highest BCUT2D eigenvalue weighted by molar-refractivity contribution is 7.47. The first kappa shape index (κ1) is 54.4. The highest BCUT2D eigenvalue weighted by Gasteiger charge is 2.28. The van der Waals surface area contributed by atoms with Gasteiger partial charge in [-0.2, -0.15) is 0 Å². The summed E-state index contributed by atoms with van der Waals surface area (Å²) in [4.78, 5) is 45.9. The summed E-state index contributed by atoms with van der Waals surface area (Å²) in [5.41, 5.74) is 5.33. The number of rotatable bonds is 41. The van der Waals surface area contributed by atoms with Gasteiger partial charge in [-0.05, 0) is 57.8 Å². The molecule has 0 aliphatic heterocycles. The molecule has 0 radical (unpaired) electrons. The number of carboxylic acid groups (broad SMARTS) is 1. The number of hydrogen-bond donors (Lipinski definition) is 4. The number of hydrogen-bond acceptors (Lipinski definition) is 10. The average molecular weight is 828 g/mol. The predicted molar refractivity (Wildman–Crippen MR) is 228 cm³/mol. The molecular formula is C44H78NO11P. The predicted octanol–water partition coefficient (Wildman–Crippen LogP) is 10.4. The molecule has 5 N–H and O–H groups in total. The van der Waals surface area contributed by atoms with E-state index in [2.05, 4.69) is 47.9 Å². The van der Waals surface area contributed by atoms with Crippen molar-refractivity contribution < 1.29 is 52.6 Å². The van der Waals surface area contributed by atoms with Crippen molar-refractivity contribution in [3.8, 4) is 0 Å². The molecule has 0 aromatic carbocycles. The van der Waals surface area contributed by atoms with E-state index in [-0.39, 0.29) is 26.1 Å². The second kappa shape index (κ2) is 40.2. The molecule has 57 heavy (non-hydrogen) atoms. The minimum absolute atomic E-state index is 0.136. The largest absolute Gasteiger partial charge is 0.480 e. The van der Waals surface area contributed by atoms with Gasteiger partial charge < -0.3 is 30.3 Å². The summed E-state index contributed by atoms with van der Waals surface area (Å²) < 4.78 is 32.6.